The van der Waals surface area contributed by atoms with E-state index in [9.17, 15) is 14.4 Å². The minimum Gasteiger partial charge on any atom is -0.495 e. The van der Waals surface area contributed by atoms with E-state index in [4.69, 9.17) is 4.74 Å². The molecule has 7 heteroatoms. The predicted molar refractivity (Wildman–Crippen MR) is 99.2 cm³/mol. The molecular formula is C19H15NO5S. The van der Waals surface area contributed by atoms with Crippen LogP contribution in [-0.2, 0) is 9.53 Å². The van der Waals surface area contributed by atoms with E-state index in [0.717, 1.165) is 16.7 Å². The molecular weight excluding hydrogens is 354 g/mol. The fraction of sp³-hybridized carbons (Fsp3) is 0.105. The molecule has 2 aromatic carbocycles. The van der Waals surface area contributed by atoms with Gasteiger partial charge in [-0.2, -0.15) is 0 Å². The highest BCUT2D eigenvalue weighted by molar-refractivity contribution is 8.19. The number of carbonyl (C=O) groups is 3. The van der Waals surface area contributed by atoms with Crippen LogP contribution in [0.3, 0.4) is 0 Å². The summed E-state index contributed by atoms with van der Waals surface area (Å²) in [6, 6.07) is 13.4. The van der Waals surface area contributed by atoms with Gasteiger partial charge in [-0.25, -0.2) is 9.69 Å². The second-order valence-electron chi connectivity index (χ2n) is 5.30. The minimum absolute atomic E-state index is 0.298. The van der Waals surface area contributed by atoms with Crippen LogP contribution < -0.4 is 9.64 Å². The van der Waals surface area contributed by atoms with Crippen LogP contribution in [0.15, 0.2) is 53.4 Å². The fourth-order valence-corrected chi connectivity index (χ4v) is 3.31. The largest absolute Gasteiger partial charge is 0.495 e. The zero-order valence-corrected chi connectivity index (χ0v) is 14.9. The Bertz CT molecular complexity index is 904. The van der Waals surface area contributed by atoms with Crippen LogP contribution in [0, 0.1) is 0 Å². The number of imide groups is 1. The van der Waals surface area contributed by atoms with Gasteiger partial charge in [0.2, 0.25) is 0 Å². The van der Waals surface area contributed by atoms with Crippen LogP contribution in [0.2, 0.25) is 0 Å². The Labute approximate surface area is 154 Å². The van der Waals surface area contributed by atoms with Crippen LogP contribution in [0.1, 0.15) is 15.9 Å². The Morgan fingerprint density at radius 3 is 2.38 bits per heavy atom. The van der Waals surface area contributed by atoms with Crippen molar-refractivity contribution in [1.29, 1.82) is 0 Å². The average Bonchev–Trinajstić information content (AvgIpc) is 2.94. The number of carbonyl (C=O) groups excluding carboxylic acids is 3. The maximum absolute atomic E-state index is 12.7. The number of hydrogen-bond donors (Lipinski definition) is 0. The lowest BCUT2D eigenvalue weighted by Gasteiger charge is -2.15. The lowest BCUT2D eigenvalue weighted by Crippen LogP contribution is -2.28. The molecule has 0 aromatic heterocycles. The van der Waals surface area contributed by atoms with Crippen molar-refractivity contribution < 1.29 is 23.9 Å². The standard InChI is InChI=1S/C19H15NO5S/c1-24-15-6-4-3-5-14(15)20-17(21)16(26-19(20)23)11-12-7-9-13(10-8-12)18(22)25-2/h3-11H,1-2H3/b16-11-. The molecule has 1 fully saturated rings. The molecule has 1 aliphatic heterocycles. The van der Waals surface area contributed by atoms with Gasteiger partial charge in [0, 0.05) is 0 Å². The van der Waals surface area contributed by atoms with Crippen LogP contribution in [0.4, 0.5) is 10.5 Å². The number of benzene rings is 2. The van der Waals surface area contributed by atoms with Gasteiger partial charge >= 0.3 is 5.97 Å². The minimum atomic E-state index is -0.437. The molecule has 0 saturated carbocycles. The topological polar surface area (TPSA) is 72.9 Å². The molecule has 0 bridgehead atoms. The number of thioether (sulfide) groups is 1. The summed E-state index contributed by atoms with van der Waals surface area (Å²) in [6.07, 6.45) is 1.61. The molecule has 132 valence electrons. The summed E-state index contributed by atoms with van der Waals surface area (Å²) in [4.78, 5) is 37.9. The third kappa shape index (κ3) is 3.34. The second kappa shape index (κ2) is 7.45. The maximum Gasteiger partial charge on any atom is 0.337 e. The molecule has 0 unspecified atom stereocenters. The Morgan fingerprint density at radius 1 is 1.04 bits per heavy atom. The molecule has 0 atom stereocenters. The number of amides is 2. The first-order chi connectivity index (χ1) is 12.5. The van der Waals surface area contributed by atoms with Gasteiger partial charge < -0.3 is 9.47 Å². The Kier molecular flexibility index (Phi) is 5.09. The Balaban J connectivity index is 1.89. The van der Waals surface area contributed by atoms with Crippen LogP contribution in [-0.4, -0.2) is 31.3 Å². The summed E-state index contributed by atoms with van der Waals surface area (Å²) in [5.74, 6) is -0.409. The molecule has 0 aliphatic carbocycles. The van der Waals surface area contributed by atoms with Crippen molar-refractivity contribution >= 4 is 40.6 Å². The third-order valence-corrected chi connectivity index (χ3v) is 4.62. The van der Waals surface area contributed by atoms with Crippen molar-refractivity contribution in [3.05, 3.63) is 64.6 Å². The Morgan fingerprint density at radius 2 is 1.73 bits per heavy atom. The maximum atomic E-state index is 12.7. The summed E-state index contributed by atoms with van der Waals surface area (Å²) >= 11 is 0.857. The first kappa shape index (κ1) is 17.8. The van der Waals surface area contributed by atoms with Crippen molar-refractivity contribution in [1.82, 2.24) is 0 Å². The van der Waals surface area contributed by atoms with Crippen molar-refractivity contribution in [2.45, 2.75) is 0 Å². The van der Waals surface area contributed by atoms with Crippen molar-refractivity contribution in [2.24, 2.45) is 0 Å². The van der Waals surface area contributed by atoms with E-state index in [0.29, 0.717) is 27.5 Å². The molecule has 3 rings (SSSR count). The molecule has 0 N–H and O–H groups in total. The zero-order chi connectivity index (χ0) is 18.7. The van der Waals surface area contributed by atoms with E-state index in [2.05, 4.69) is 4.74 Å². The number of ether oxygens (including phenoxy) is 2. The van der Waals surface area contributed by atoms with Gasteiger partial charge in [0.1, 0.15) is 5.75 Å². The normalized spacial score (nSPS) is 15.5. The molecule has 0 radical (unpaired) electrons. The number of rotatable bonds is 4. The molecule has 1 saturated heterocycles. The fourth-order valence-electron chi connectivity index (χ4n) is 2.47. The average molecular weight is 369 g/mol. The van der Waals surface area contributed by atoms with E-state index in [-0.39, 0.29) is 0 Å². The van der Waals surface area contributed by atoms with Gasteiger partial charge in [-0.1, -0.05) is 24.3 Å². The molecule has 1 aliphatic rings. The summed E-state index contributed by atoms with van der Waals surface area (Å²) in [6.45, 7) is 0. The highest BCUT2D eigenvalue weighted by Crippen LogP contribution is 2.39. The molecule has 0 spiro atoms. The number of anilines is 1. The number of para-hydroxylation sites is 2. The summed E-state index contributed by atoms with van der Waals surface area (Å²) in [5.41, 5.74) is 1.51. The number of hydrogen-bond acceptors (Lipinski definition) is 6. The summed E-state index contributed by atoms with van der Waals surface area (Å²) in [7, 11) is 2.79. The van der Waals surface area contributed by atoms with Crippen LogP contribution in [0.5, 0.6) is 5.75 Å². The smallest absolute Gasteiger partial charge is 0.337 e. The first-order valence-corrected chi connectivity index (χ1v) is 8.46. The molecule has 1 heterocycles. The van der Waals surface area contributed by atoms with Gasteiger partial charge in [-0.05, 0) is 47.7 Å². The molecule has 2 amide bonds. The molecule has 26 heavy (non-hydrogen) atoms. The van der Waals surface area contributed by atoms with Gasteiger partial charge in [0.05, 0.1) is 30.4 Å². The predicted octanol–water partition coefficient (Wildman–Crippen LogP) is 3.72. The SMILES string of the molecule is COC(=O)c1ccc(/C=C2\SC(=O)N(c3ccccc3OC)C2=O)cc1. The van der Waals surface area contributed by atoms with Crippen molar-refractivity contribution in [3.8, 4) is 5.75 Å². The molecule has 6 nitrogen and oxygen atoms in total. The quantitative estimate of drug-likeness (QED) is 0.604. The van der Waals surface area contributed by atoms with Crippen LogP contribution >= 0.6 is 11.8 Å². The van der Waals surface area contributed by atoms with E-state index in [1.807, 2.05) is 0 Å². The monoisotopic (exact) mass is 369 g/mol. The number of nitrogens with zero attached hydrogens (tertiary/aromatic N) is 1. The summed E-state index contributed by atoms with van der Waals surface area (Å²) in [5, 5.41) is -0.392. The van der Waals surface area contributed by atoms with Crippen LogP contribution in [0.25, 0.3) is 6.08 Å². The summed E-state index contributed by atoms with van der Waals surface area (Å²) < 4.78 is 9.89. The van der Waals surface area contributed by atoms with Gasteiger partial charge in [-0.15, -0.1) is 0 Å². The molecule has 2 aromatic rings. The van der Waals surface area contributed by atoms with E-state index >= 15 is 0 Å². The zero-order valence-electron chi connectivity index (χ0n) is 14.1. The lowest BCUT2D eigenvalue weighted by atomic mass is 10.1. The lowest BCUT2D eigenvalue weighted by molar-refractivity contribution is -0.113. The Hall–Kier alpha value is -3.06. The van der Waals surface area contributed by atoms with E-state index in [1.165, 1.54) is 14.2 Å². The van der Waals surface area contributed by atoms with Gasteiger partial charge in [-0.3, -0.25) is 9.59 Å². The number of methoxy groups -OCH3 is 2. The van der Waals surface area contributed by atoms with Crippen molar-refractivity contribution in [2.75, 3.05) is 19.1 Å². The van der Waals surface area contributed by atoms with E-state index < -0.39 is 17.1 Å². The second-order valence-corrected chi connectivity index (χ2v) is 6.30. The van der Waals surface area contributed by atoms with Gasteiger partial charge in [0.15, 0.2) is 0 Å². The third-order valence-electron chi connectivity index (χ3n) is 3.75. The number of esters is 1. The highest BCUT2D eigenvalue weighted by atomic mass is 32.2. The van der Waals surface area contributed by atoms with Crippen molar-refractivity contribution in [3.63, 3.8) is 0 Å². The highest BCUT2D eigenvalue weighted by Gasteiger charge is 2.37. The van der Waals surface area contributed by atoms with E-state index in [1.54, 1.807) is 54.6 Å². The van der Waals surface area contributed by atoms with Gasteiger partial charge in [0.25, 0.3) is 11.1 Å². The first-order valence-electron chi connectivity index (χ1n) is 7.64.